The van der Waals surface area contributed by atoms with Crippen LogP contribution in [0.5, 0.6) is 0 Å². The van der Waals surface area contributed by atoms with Gasteiger partial charge in [-0.1, -0.05) is 38.4 Å². The zero-order chi connectivity index (χ0) is 15.6. The summed E-state index contributed by atoms with van der Waals surface area (Å²) < 4.78 is 19.7. The molecule has 1 unspecified atom stereocenters. The Labute approximate surface area is 128 Å². The Balaban J connectivity index is 2.55. The average Bonchev–Trinajstić information content (AvgIpc) is 2.28. The monoisotopic (exact) mass is 316 g/mol. The van der Waals surface area contributed by atoms with Crippen molar-refractivity contribution in [2.24, 2.45) is 0 Å². The van der Waals surface area contributed by atoms with E-state index in [0.717, 1.165) is 18.4 Å². The highest BCUT2D eigenvalue weighted by atomic mass is 35.5. The lowest BCUT2D eigenvalue weighted by molar-refractivity contribution is 0.189. The Morgan fingerprint density at radius 1 is 1.30 bits per heavy atom. The van der Waals surface area contributed by atoms with Gasteiger partial charge in [0.25, 0.3) is 0 Å². The maximum absolute atomic E-state index is 13.4. The molecule has 1 aromatic carbocycles. The third-order valence-corrected chi connectivity index (χ3v) is 9.04. The maximum atomic E-state index is 13.4. The first-order valence-electron chi connectivity index (χ1n) is 7.14. The summed E-state index contributed by atoms with van der Waals surface area (Å²) in [7, 11) is -1.72. The molecule has 0 aromatic heterocycles. The van der Waals surface area contributed by atoms with Crippen LogP contribution < -0.4 is 0 Å². The van der Waals surface area contributed by atoms with Crippen molar-refractivity contribution in [3.8, 4) is 0 Å². The van der Waals surface area contributed by atoms with E-state index in [4.69, 9.17) is 16.0 Å². The molecule has 1 atom stereocenters. The summed E-state index contributed by atoms with van der Waals surface area (Å²) in [6.45, 7) is 13.3. The van der Waals surface area contributed by atoms with Crippen molar-refractivity contribution in [2.45, 2.75) is 64.8 Å². The van der Waals surface area contributed by atoms with Crippen LogP contribution in [0.25, 0.3) is 0 Å². The van der Waals surface area contributed by atoms with Gasteiger partial charge < -0.3 is 4.43 Å². The fourth-order valence-electron chi connectivity index (χ4n) is 1.80. The SMILES string of the molecule is CC(CCc1ccc(Cl)c(F)c1)O[Si](C)(C)C(C)(C)C. The molecule has 0 saturated heterocycles. The Hall–Kier alpha value is -0.383. The predicted octanol–water partition coefficient (Wildman–Crippen LogP) is 5.82. The molecule has 0 aliphatic carbocycles. The number of rotatable bonds is 5. The van der Waals surface area contributed by atoms with Gasteiger partial charge in [0.1, 0.15) is 5.82 Å². The van der Waals surface area contributed by atoms with Crippen LogP contribution in [0.4, 0.5) is 4.39 Å². The van der Waals surface area contributed by atoms with Gasteiger partial charge in [0.2, 0.25) is 0 Å². The van der Waals surface area contributed by atoms with E-state index in [-0.39, 0.29) is 22.0 Å². The van der Waals surface area contributed by atoms with Gasteiger partial charge in [0.05, 0.1) is 5.02 Å². The molecule has 1 nitrogen and oxygen atoms in total. The molecule has 0 heterocycles. The summed E-state index contributed by atoms with van der Waals surface area (Å²) in [5, 5.41) is 0.396. The maximum Gasteiger partial charge on any atom is 0.192 e. The standard InChI is InChI=1S/C16H26ClFOSi/c1-12(19-20(5,6)16(2,3)4)7-8-13-9-10-14(17)15(18)11-13/h9-12H,7-8H2,1-6H3. The predicted molar refractivity (Wildman–Crippen MR) is 87.5 cm³/mol. The molecule has 1 aromatic rings. The van der Waals surface area contributed by atoms with Gasteiger partial charge >= 0.3 is 0 Å². The van der Waals surface area contributed by atoms with Crippen LogP contribution in [-0.2, 0) is 10.8 Å². The van der Waals surface area contributed by atoms with Crippen LogP contribution in [-0.4, -0.2) is 14.4 Å². The molecular formula is C16H26ClFOSi. The third kappa shape index (κ3) is 4.87. The lowest BCUT2D eigenvalue weighted by atomic mass is 10.1. The molecule has 20 heavy (non-hydrogen) atoms. The minimum Gasteiger partial charge on any atom is -0.414 e. The van der Waals surface area contributed by atoms with E-state index >= 15 is 0 Å². The second kappa shape index (κ2) is 6.59. The van der Waals surface area contributed by atoms with Crippen LogP contribution in [0.15, 0.2) is 18.2 Å². The van der Waals surface area contributed by atoms with E-state index in [9.17, 15) is 4.39 Å². The first-order valence-corrected chi connectivity index (χ1v) is 10.4. The molecule has 0 spiro atoms. The molecule has 0 aliphatic heterocycles. The molecule has 0 aliphatic rings. The van der Waals surface area contributed by atoms with E-state index in [1.54, 1.807) is 6.07 Å². The summed E-state index contributed by atoms with van der Waals surface area (Å²) in [4.78, 5) is 0. The Bertz CT molecular complexity index is 454. The number of hydrogen-bond acceptors (Lipinski definition) is 1. The topological polar surface area (TPSA) is 9.23 Å². The number of aryl methyl sites for hydroxylation is 1. The molecule has 0 bridgehead atoms. The van der Waals surface area contributed by atoms with E-state index in [0.29, 0.717) is 0 Å². The van der Waals surface area contributed by atoms with E-state index in [2.05, 4.69) is 40.8 Å². The lowest BCUT2D eigenvalue weighted by Crippen LogP contribution is -2.43. The van der Waals surface area contributed by atoms with Crippen LogP contribution >= 0.6 is 11.6 Å². The Morgan fingerprint density at radius 2 is 1.90 bits per heavy atom. The van der Waals surface area contributed by atoms with Crippen molar-refractivity contribution in [1.29, 1.82) is 0 Å². The Kier molecular flexibility index (Phi) is 5.82. The van der Waals surface area contributed by atoms with Gasteiger partial charge in [-0.15, -0.1) is 0 Å². The van der Waals surface area contributed by atoms with Gasteiger partial charge in [-0.2, -0.15) is 0 Å². The van der Waals surface area contributed by atoms with Crippen LogP contribution in [0, 0.1) is 5.82 Å². The van der Waals surface area contributed by atoms with Crippen LogP contribution in [0.1, 0.15) is 39.7 Å². The van der Waals surface area contributed by atoms with E-state index in [1.807, 2.05) is 6.07 Å². The van der Waals surface area contributed by atoms with Crippen molar-refractivity contribution in [3.05, 3.63) is 34.6 Å². The average molecular weight is 317 g/mol. The molecular weight excluding hydrogens is 291 g/mol. The minimum absolute atomic E-state index is 0.180. The van der Waals surface area contributed by atoms with Crippen molar-refractivity contribution in [2.75, 3.05) is 0 Å². The smallest absolute Gasteiger partial charge is 0.192 e. The van der Waals surface area contributed by atoms with Crippen molar-refractivity contribution >= 4 is 19.9 Å². The second-order valence-electron chi connectivity index (χ2n) is 6.98. The van der Waals surface area contributed by atoms with E-state index < -0.39 is 8.32 Å². The van der Waals surface area contributed by atoms with Crippen molar-refractivity contribution in [3.63, 3.8) is 0 Å². The molecule has 0 amide bonds. The molecule has 0 fully saturated rings. The fraction of sp³-hybridized carbons (Fsp3) is 0.625. The van der Waals surface area contributed by atoms with Crippen LogP contribution in [0.3, 0.4) is 0 Å². The number of hydrogen-bond donors (Lipinski definition) is 0. The quantitative estimate of drug-likeness (QED) is 0.622. The second-order valence-corrected chi connectivity index (χ2v) is 12.1. The van der Waals surface area contributed by atoms with Crippen molar-refractivity contribution < 1.29 is 8.82 Å². The van der Waals surface area contributed by atoms with Gasteiger partial charge in [0.15, 0.2) is 8.32 Å². The highest BCUT2D eigenvalue weighted by molar-refractivity contribution is 6.74. The molecule has 0 radical (unpaired) electrons. The lowest BCUT2D eigenvalue weighted by Gasteiger charge is -2.38. The number of benzene rings is 1. The van der Waals surface area contributed by atoms with Crippen LogP contribution in [0.2, 0.25) is 23.2 Å². The first kappa shape index (κ1) is 17.7. The summed E-state index contributed by atoms with van der Waals surface area (Å²) in [6, 6.07) is 5.01. The highest BCUT2D eigenvalue weighted by Gasteiger charge is 2.38. The van der Waals surface area contributed by atoms with Crippen molar-refractivity contribution in [1.82, 2.24) is 0 Å². The summed E-state index contributed by atoms with van der Waals surface area (Å²) in [5.41, 5.74) is 0.970. The normalized spacial score (nSPS) is 14.4. The first-order chi connectivity index (χ1) is 9.03. The molecule has 114 valence electrons. The molecule has 0 saturated carbocycles. The van der Waals surface area contributed by atoms with Gasteiger partial charge in [-0.25, -0.2) is 4.39 Å². The molecule has 1 rings (SSSR count). The highest BCUT2D eigenvalue weighted by Crippen LogP contribution is 2.37. The minimum atomic E-state index is -1.72. The van der Waals surface area contributed by atoms with Gasteiger partial charge in [-0.05, 0) is 55.6 Å². The molecule has 0 N–H and O–H groups in total. The number of halogens is 2. The van der Waals surface area contributed by atoms with Gasteiger partial charge in [-0.3, -0.25) is 0 Å². The summed E-state index contributed by atoms with van der Waals surface area (Å²) >= 11 is 5.69. The zero-order valence-corrected chi connectivity index (χ0v) is 15.1. The largest absolute Gasteiger partial charge is 0.414 e. The third-order valence-electron chi connectivity index (χ3n) is 4.13. The Morgan fingerprint density at radius 3 is 2.40 bits per heavy atom. The summed E-state index contributed by atoms with van der Waals surface area (Å²) in [6.07, 6.45) is 1.90. The van der Waals surface area contributed by atoms with E-state index in [1.165, 1.54) is 6.07 Å². The summed E-state index contributed by atoms with van der Waals surface area (Å²) in [5.74, 6) is -0.345. The molecule has 4 heteroatoms. The van der Waals surface area contributed by atoms with Gasteiger partial charge in [0, 0.05) is 6.10 Å². The zero-order valence-electron chi connectivity index (χ0n) is 13.4. The fourth-order valence-corrected chi connectivity index (χ4v) is 3.40.